The van der Waals surface area contributed by atoms with E-state index in [0.717, 1.165) is 17.7 Å². The lowest BCUT2D eigenvalue weighted by molar-refractivity contribution is -0.140. The molecule has 1 unspecified atom stereocenters. The molecule has 2 aromatic carbocycles. The second kappa shape index (κ2) is 8.90. The van der Waals surface area contributed by atoms with Gasteiger partial charge in [-0.1, -0.05) is 12.1 Å². The Morgan fingerprint density at radius 2 is 1.76 bits per heavy atom. The minimum Gasteiger partial charge on any atom is -0.507 e. The summed E-state index contributed by atoms with van der Waals surface area (Å²) in [4.78, 5) is 27.3. The lowest BCUT2D eigenvalue weighted by atomic mass is 9.98. The Hall–Kier alpha value is -3.94. The number of methoxy groups -OCH3 is 1. The van der Waals surface area contributed by atoms with Gasteiger partial charge in [-0.2, -0.15) is 0 Å². The topological polar surface area (TPSA) is 80.0 Å². The van der Waals surface area contributed by atoms with E-state index in [1.807, 2.05) is 0 Å². The zero-order valence-electron chi connectivity index (χ0n) is 18.0. The Morgan fingerprint density at radius 3 is 2.39 bits per heavy atom. The first-order chi connectivity index (χ1) is 15.8. The maximum Gasteiger partial charge on any atom is 0.295 e. The number of carbonyl (C=O) groups is 2. The van der Waals surface area contributed by atoms with Gasteiger partial charge in [0, 0.05) is 6.54 Å². The van der Waals surface area contributed by atoms with Crippen molar-refractivity contribution in [1.29, 1.82) is 0 Å². The van der Waals surface area contributed by atoms with Gasteiger partial charge in [0.1, 0.15) is 40.7 Å². The largest absolute Gasteiger partial charge is 0.507 e. The van der Waals surface area contributed by atoms with Crippen molar-refractivity contribution >= 4 is 17.4 Å². The predicted molar refractivity (Wildman–Crippen MR) is 116 cm³/mol. The minimum atomic E-state index is -1.02. The number of aliphatic hydroxyl groups is 1. The van der Waals surface area contributed by atoms with Crippen LogP contribution in [0.1, 0.15) is 28.7 Å². The van der Waals surface area contributed by atoms with E-state index in [2.05, 4.69) is 0 Å². The van der Waals surface area contributed by atoms with E-state index in [-0.39, 0.29) is 35.0 Å². The molecule has 0 spiro atoms. The van der Waals surface area contributed by atoms with Gasteiger partial charge in [0.15, 0.2) is 0 Å². The zero-order chi connectivity index (χ0) is 23.7. The van der Waals surface area contributed by atoms with E-state index in [4.69, 9.17) is 9.15 Å². The molecule has 0 saturated carbocycles. The smallest absolute Gasteiger partial charge is 0.295 e. The molecular weight excluding hydrogens is 432 g/mol. The maximum absolute atomic E-state index is 13.9. The van der Waals surface area contributed by atoms with Crippen LogP contribution in [-0.2, 0) is 16.0 Å². The van der Waals surface area contributed by atoms with Gasteiger partial charge in [0.25, 0.3) is 11.7 Å². The average molecular weight is 453 g/mol. The van der Waals surface area contributed by atoms with Crippen molar-refractivity contribution in [3.05, 3.63) is 94.5 Å². The van der Waals surface area contributed by atoms with E-state index in [1.165, 1.54) is 30.2 Å². The van der Waals surface area contributed by atoms with Crippen molar-refractivity contribution in [2.75, 3.05) is 13.7 Å². The third-order valence-electron chi connectivity index (χ3n) is 5.54. The van der Waals surface area contributed by atoms with Crippen LogP contribution in [0.4, 0.5) is 8.78 Å². The van der Waals surface area contributed by atoms with Gasteiger partial charge in [0.05, 0.1) is 18.2 Å². The Kier molecular flexibility index (Phi) is 6.00. The third-order valence-corrected chi connectivity index (χ3v) is 5.54. The molecule has 4 rings (SSSR count). The average Bonchev–Trinajstić information content (AvgIpc) is 3.34. The second-order valence-corrected chi connectivity index (χ2v) is 7.66. The van der Waals surface area contributed by atoms with Crippen LogP contribution < -0.4 is 4.74 Å². The van der Waals surface area contributed by atoms with Crippen molar-refractivity contribution < 1.29 is 32.6 Å². The number of hydrogen-bond acceptors (Lipinski definition) is 5. The van der Waals surface area contributed by atoms with E-state index in [1.54, 1.807) is 31.2 Å². The summed E-state index contributed by atoms with van der Waals surface area (Å²) in [6.07, 6.45) is 0.340. The standard InChI is InChI=1S/C25H21F2NO5/c1-14-3-9-20(33-14)22-21(23(29)18-13-17(27)8-10-19(18)32-2)24(30)25(31)28(22)12-11-15-4-6-16(26)7-5-15/h3-10,13,22,29H,11-12H2,1-2H3/b23-21+. The van der Waals surface area contributed by atoms with Crippen LogP contribution in [-0.4, -0.2) is 35.4 Å². The third kappa shape index (κ3) is 4.24. The molecule has 1 aromatic heterocycles. The van der Waals surface area contributed by atoms with Crippen LogP contribution in [0.3, 0.4) is 0 Å². The minimum absolute atomic E-state index is 0.0534. The SMILES string of the molecule is COc1ccc(F)cc1/C(O)=C1\C(=O)C(=O)N(CCc2ccc(F)cc2)C1c1ccc(C)o1. The van der Waals surface area contributed by atoms with E-state index >= 15 is 0 Å². The first-order valence-electron chi connectivity index (χ1n) is 10.2. The molecule has 33 heavy (non-hydrogen) atoms. The molecular formula is C25H21F2NO5. The van der Waals surface area contributed by atoms with Crippen molar-refractivity contribution in [1.82, 2.24) is 4.90 Å². The summed E-state index contributed by atoms with van der Waals surface area (Å²) in [5.41, 5.74) is 0.485. The second-order valence-electron chi connectivity index (χ2n) is 7.66. The summed E-state index contributed by atoms with van der Waals surface area (Å²) in [6, 6.07) is 11.6. The van der Waals surface area contributed by atoms with Gasteiger partial charge in [-0.15, -0.1) is 0 Å². The molecule has 1 amide bonds. The van der Waals surface area contributed by atoms with Crippen LogP contribution >= 0.6 is 0 Å². The quantitative estimate of drug-likeness (QED) is 0.337. The fraction of sp³-hybridized carbons (Fsp3) is 0.200. The number of aliphatic hydroxyl groups excluding tert-OH is 1. The lowest BCUT2D eigenvalue weighted by Crippen LogP contribution is -2.31. The van der Waals surface area contributed by atoms with Crippen LogP contribution in [0.25, 0.3) is 5.76 Å². The molecule has 1 saturated heterocycles. The summed E-state index contributed by atoms with van der Waals surface area (Å²) in [5.74, 6) is -2.36. The highest BCUT2D eigenvalue weighted by Gasteiger charge is 2.47. The van der Waals surface area contributed by atoms with Crippen molar-refractivity contribution in [2.45, 2.75) is 19.4 Å². The number of rotatable bonds is 6. The predicted octanol–water partition coefficient (Wildman–Crippen LogP) is 4.54. The number of benzene rings is 2. The van der Waals surface area contributed by atoms with Crippen molar-refractivity contribution in [3.63, 3.8) is 0 Å². The molecule has 0 radical (unpaired) electrons. The van der Waals surface area contributed by atoms with Crippen LogP contribution in [0, 0.1) is 18.6 Å². The first-order valence-corrected chi connectivity index (χ1v) is 10.2. The van der Waals surface area contributed by atoms with Crippen LogP contribution in [0.15, 0.2) is 64.6 Å². The Bertz CT molecular complexity index is 1250. The molecule has 0 aliphatic carbocycles. The molecule has 0 bridgehead atoms. The Morgan fingerprint density at radius 1 is 1.06 bits per heavy atom. The van der Waals surface area contributed by atoms with Crippen molar-refractivity contribution in [3.8, 4) is 5.75 Å². The van der Waals surface area contributed by atoms with Crippen LogP contribution in [0.5, 0.6) is 5.75 Å². The monoisotopic (exact) mass is 453 g/mol. The van der Waals surface area contributed by atoms with E-state index in [0.29, 0.717) is 12.2 Å². The van der Waals surface area contributed by atoms with Crippen molar-refractivity contribution in [2.24, 2.45) is 0 Å². The number of ether oxygens (including phenoxy) is 1. The molecule has 2 heterocycles. The molecule has 1 fully saturated rings. The number of furan rings is 1. The molecule has 3 aromatic rings. The number of aryl methyl sites for hydroxylation is 1. The maximum atomic E-state index is 13.9. The molecule has 1 atom stereocenters. The van der Waals surface area contributed by atoms with Gasteiger partial charge in [-0.25, -0.2) is 8.78 Å². The molecule has 1 aliphatic heterocycles. The highest BCUT2D eigenvalue weighted by Crippen LogP contribution is 2.41. The fourth-order valence-electron chi connectivity index (χ4n) is 3.92. The number of hydrogen-bond donors (Lipinski definition) is 1. The Labute approximate surface area is 188 Å². The Balaban J connectivity index is 1.80. The number of nitrogens with zero attached hydrogens (tertiary/aromatic N) is 1. The highest BCUT2D eigenvalue weighted by molar-refractivity contribution is 6.46. The number of ketones is 1. The molecule has 1 aliphatic rings. The normalized spacial score (nSPS) is 17.6. The summed E-state index contributed by atoms with van der Waals surface area (Å²) >= 11 is 0. The molecule has 170 valence electrons. The number of halogens is 2. The zero-order valence-corrected chi connectivity index (χ0v) is 18.0. The first kappa shape index (κ1) is 22.3. The number of likely N-dealkylation sites (tertiary alicyclic amines) is 1. The molecule has 6 nitrogen and oxygen atoms in total. The highest BCUT2D eigenvalue weighted by atomic mass is 19.1. The fourth-order valence-corrected chi connectivity index (χ4v) is 3.92. The van der Waals surface area contributed by atoms with Gasteiger partial charge < -0.3 is 19.2 Å². The number of carbonyl (C=O) groups excluding carboxylic acids is 2. The summed E-state index contributed by atoms with van der Waals surface area (Å²) in [6.45, 7) is 1.82. The van der Waals surface area contributed by atoms with Gasteiger partial charge in [-0.3, -0.25) is 9.59 Å². The lowest BCUT2D eigenvalue weighted by Gasteiger charge is -2.23. The molecule has 1 N–H and O–H groups in total. The summed E-state index contributed by atoms with van der Waals surface area (Å²) in [5, 5.41) is 11.1. The summed E-state index contributed by atoms with van der Waals surface area (Å²) in [7, 11) is 1.35. The van der Waals surface area contributed by atoms with E-state index < -0.39 is 29.3 Å². The number of Topliss-reactive ketones (excluding diaryl/α,β-unsaturated/α-hetero) is 1. The van der Waals surface area contributed by atoms with Gasteiger partial charge in [-0.05, 0) is 61.4 Å². The van der Waals surface area contributed by atoms with Gasteiger partial charge in [0.2, 0.25) is 0 Å². The van der Waals surface area contributed by atoms with E-state index in [9.17, 15) is 23.5 Å². The van der Waals surface area contributed by atoms with Gasteiger partial charge >= 0.3 is 0 Å². The summed E-state index contributed by atoms with van der Waals surface area (Å²) < 4.78 is 38.1. The van der Waals surface area contributed by atoms with Crippen LogP contribution in [0.2, 0.25) is 0 Å². The number of amides is 1. The molecule has 8 heteroatoms.